The molecule has 0 aliphatic carbocycles. The van der Waals surface area contributed by atoms with Gasteiger partial charge >= 0.3 is 0 Å². The molecule has 0 bridgehead atoms. The lowest BCUT2D eigenvalue weighted by atomic mass is 9.93. The summed E-state index contributed by atoms with van der Waals surface area (Å²) in [5.41, 5.74) is 3.42. The van der Waals surface area contributed by atoms with E-state index < -0.39 is 0 Å². The first-order valence-electron chi connectivity index (χ1n) is 5.77. The summed E-state index contributed by atoms with van der Waals surface area (Å²) in [6.45, 7) is 0.909. The number of fused-ring (bicyclic) bond motifs is 1. The lowest BCUT2D eigenvalue weighted by Crippen LogP contribution is -2.31. The monoisotopic (exact) mass is 228 g/mol. The predicted molar refractivity (Wildman–Crippen MR) is 64.2 cm³/mol. The van der Waals surface area contributed by atoms with E-state index in [1.165, 1.54) is 17.7 Å². The summed E-state index contributed by atoms with van der Waals surface area (Å²) in [6, 6.07) is 10.8. The van der Waals surface area contributed by atoms with Crippen molar-refractivity contribution < 1.29 is 4.39 Å². The third-order valence-corrected chi connectivity index (χ3v) is 3.15. The van der Waals surface area contributed by atoms with E-state index in [1.807, 2.05) is 24.4 Å². The maximum absolute atomic E-state index is 12.9. The summed E-state index contributed by atoms with van der Waals surface area (Å²) in [4.78, 5) is 4.40. The summed E-state index contributed by atoms with van der Waals surface area (Å²) in [6.07, 6.45) is 2.78. The molecule has 1 N–H and O–H groups in total. The molecule has 0 spiro atoms. The van der Waals surface area contributed by atoms with Gasteiger partial charge in [0.1, 0.15) is 5.82 Å². The Morgan fingerprint density at radius 2 is 2.00 bits per heavy atom. The van der Waals surface area contributed by atoms with Gasteiger partial charge in [-0.05, 0) is 29.3 Å². The van der Waals surface area contributed by atoms with Crippen LogP contribution in [0.3, 0.4) is 0 Å². The van der Waals surface area contributed by atoms with Crippen LogP contribution in [0, 0.1) is 5.82 Å². The molecular formula is C14H13FN2. The Bertz CT molecular complexity index is 522. The van der Waals surface area contributed by atoms with Crippen LogP contribution in [0.5, 0.6) is 0 Å². The Hall–Kier alpha value is -1.74. The number of aromatic nitrogens is 1. The molecule has 1 aliphatic rings. The summed E-state index contributed by atoms with van der Waals surface area (Å²) >= 11 is 0. The van der Waals surface area contributed by atoms with Crippen molar-refractivity contribution in [2.24, 2.45) is 0 Å². The third kappa shape index (κ3) is 1.94. The van der Waals surface area contributed by atoms with E-state index in [4.69, 9.17) is 0 Å². The van der Waals surface area contributed by atoms with Crippen molar-refractivity contribution in [2.45, 2.75) is 12.5 Å². The van der Waals surface area contributed by atoms with Crippen LogP contribution in [-0.4, -0.2) is 11.5 Å². The molecule has 0 saturated heterocycles. The number of halogens is 1. The van der Waals surface area contributed by atoms with Gasteiger partial charge in [0.2, 0.25) is 0 Å². The molecule has 1 aliphatic heterocycles. The molecule has 0 fully saturated rings. The zero-order chi connectivity index (χ0) is 11.7. The molecule has 0 saturated carbocycles. The van der Waals surface area contributed by atoms with Crippen molar-refractivity contribution >= 4 is 0 Å². The maximum Gasteiger partial charge on any atom is 0.123 e. The van der Waals surface area contributed by atoms with Gasteiger partial charge in [-0.25, -0.2) is 4.39 Å². The fourth-order valence-corrected chi connectivity index (χ4v) is 2.32. The van der Waals surface area contributed by atoms with E-state index in [9.17, 15) is 4.39 Å². The van der Waals surface area contributed by atoms with Crippen molar-refractivity contribution in [2.75, 3.05) is 6.54 Å². The highest BCUT2D eigenvalue weighted by Crippen LogP contribution is 2.27. The molecule has 2 aromatic rings. The Morgan fingerprint density at radius 1 is 1.18 bits per heavy atom. The van der Waals surface area contributed by atoms with Crippen LogP contribution in [-0.2, 0) is 6.42 Å². The normalized spacial score (nSPS) is 18.8. The number of pyridine rings is 1. The molecule has 86 valence electrons. The molecule has 0 radical (unpaired) electrons. The number of hydrogen-bond donors (Lipinski definition) is 1. The van der Waals surface area contributed by atoms with Gasteiger partial charge in [0.15, 0.2) is 0 Å². The Kier molecular flexibility index (Phi) is 2.61. The smallest absolute Gasteiger partial charge is 0.123 e. The molecule has 0 amide bonds. The average molecular weight is 228 g/mol. The molecule has 1 aromatic carbocycles. The summed E-state index contributed by atoms with van der Waals surface area (Å²) in [5, 5.41) is 3.45. The SMILES string of the molecule is Fc1ccc(C2NCCc3ncccc32)cc1. The zero-order valence-electron chi connectivity index (χ0n) is 9.36. The second-order valence-corrected chi connectivity index (χ2v) is 4.23. The van der Waals surface area contributed by atoms with E-state index in [1.54, 1.807) is 0 Å². The number of nitrogens with one attached hydrogen (secondary N) is 1. The van der Waals surface area contributed by atoms with Gasteiger partial charge in [-0.3, -0.25) is 4.98 Å². The molecule has 1 aromatic heterocycles. The summed E-state index contributed by atoms with van der Waals surface area (Å²) in [7, 11) is 0. The van der Waals surface area contributed by atoms with E-state index in [0.29, 0.717) is 0 Å². The first-order chi connectivity index (χ1) is 8.34. The van der Waals surface area contributed by atoms with Crippen molar-refractivity contribution in [3.63, 3.8) is 0 Å². The summed E-state index contributed by atoms with van der Waals surface area (Å²) in [5.74, 6) is -0.198. The fourth-order valence-electron chi connectivity index (χ4n) is 2.32. The lowest BCUT2D eigenvalue weighted by molar-refractivity contribution is 0.556. The standard InChI is InChI=1S/C14H13FN2/c15-11-5-3-10(4-6-11)14-12-2-1-8-16-13(12)7-9-17-14/h1-6,8,14,17H,7,9H2. The minimum absolute atomic E-state index is 0.132. The minimum Gasteiger partial charge on any atom is -0.306 e. The van der Waals surface area contributed by atoms with Crippen molar-refractivity contribution in [3.05, 3.63) is 65.2 Å². The molecular weight excluding hydrogens is 215 g/mol. The van der Waals surface area contributed by atoms with Gasteiger partial charge in [0.05, 0.1) is 6.04 Å². The Balaban J connectivity index is 2.03. The van der Waals surface area contributed by atoms with Crippen LogP contribution in [0.1, 0.15) is 22.9 Å². The molecule has 3 rings (SSSR count). The van der Waals surface area contributed by atoms with Crippen molar-refractivity contribution in [1.82, 2.24) is 10.3 Å². The average Bonchev–Trinajstić information content (AvgIpc) is 2.39. The van der Waals surface area contributed by atoms with Gasteiger partial charge in [-0.15, -0.1) is 0 Å². The first-order valence-corrected chi connectivity index (χ1v) is 5.77. The molecule has 2 heterocycles. The molecule has 17 heavy (non-hydrogen) atoms. The van der Waals surface area contributed by atoms with Crippen molar-refractivity contribution in [3.8, 4) is 0 Å². The lowest BCUT2D eigenvalue weighted by Gasteiger charge is -2.26. The molecule has 3 heteroatoms. The molecule has 2 nitrogen and oxygen atoms in total. The van der Waals surface area contributed by atoms with Gasteiger partial charge in [-0.1, -0.05) is 18.2 Å². The Morgan fingerprint density at radius 3 is 2.82 bits per heavy atom. The van der Waals surface area contributed by atoms with E-state index in [2.05, 4.69) is 16.4 Å². The topological polar surface area (TPSA) is 24.9 Å². The fraction of sp³-hybridized carbons (Fsp3) is 0.214. The van der Waals surface area contributed by atoms with Crippen LogP contribution < -0.4 is 5.32 Å². The highest BCUT2D eigenvalue weighted by molar-refractivity contribution is 5.36. The molecule has 1 unspecified atom stereocenters. The second-order valence-electron chi connectivity index (χ2n) is 4.23. The predicted octanol–water partition coefficient (Wildman–Crippen LogP) is 2.46. The highest BCUT2D eigenvalue weighted by atomic mass is 19.1. The van der Waals surface area contributed by atoms with Crippen LogP contribution in [0.2, 0.25) is 0 Å². The van der Waals surface area contributed by atoms with Gasteiger partial charge in [-0.2, -0.15) is 0 Å². The molecule has 1 atom stereocenters. The second kappa shape index (κ2) is 4.26. The number of hydrogen-bond acceptors (Lipinski definition) is 2. The van der Waals surface area contributed by atoms with E-state index in [0.717, 1.165) is 24.2 Å². The number of rotatable bonds is 1. The Labute approximate surface area is 99.5 Å². The number of benzene rings is 1. The van der Waals surface area contributed by atoms with Gasteiger partial charge in [0.25, 0.3) is 0 Å². The van der Waals surface area contributed by atoms with E-state index >= 15 is 0 Å². The van der Waals surface area contributed by atoms with Gasteiger partial charge < -0.3 is 5.32 Å². The maximum atomic E-state index is 12.9. The zero-order valence-corrected chi connectivity index (χ0v) is 9.36. The van der Waals surface area contributed by atoms with Crippen molar-refractivity contribution in [1.29, 1.82) is 0 Å². The highest BCUT2D eigenvalue weighted by Gasteiger charge is 2.21. The summed E-state index contributed by atoms with van der Waals surface area (Å²) < 4.78 is 12.9. The quantitative estimate of drug-likeness (QED) is 0.811. The third-order valence-electron chi connectivity index (χ3n) is 3.15. The minimum atomic E-state index is -0.198. The number of nitrogens with zero attached hydrogens (tertiary/aromatic N) is 1. The van der Waals surface area contributed by atoms with Crippen LogP contribution in [0.25, 0.3) is 0 Å². The largest absolute Gasteiger partial charge is 0.306 e. The van der Waals surface area contributed by atoms with Crippen LogP contribution >= 0.6 is 0 Å². The first kappa shape index (κ1) is 10.4. The van der Waals surface area contributed by atoms with Crippen LogP contribution in [0.15, 0.2) is 42.6 Å². The van der Waals surface area contributed by atoms with E-state index in [-0.39, 0.29) is 11.9 Å². The van der Waals surface area contributed by atoms with Gasteiger partial charge in [0, 0.05) is 24.9 Å². The van der Waals surface area contributed by atoms with Crippen LogP contribution in [0.4, 0.5) is 4.39 Å².